The van der Waals surface area contributed by atoms with Gasteiger partial charge in [0.15, 0.2) is 0 Å². The van der Waals surface area contributed by atoms with E-state index in [1.807, 2.05) is 24.3 Å². The maximum absolute atomic E-state index is 12.4. The van der Waals surface area contributed by atoms with Gasteiger partial charge in [-0.2, -0.15) is 0 Å². The lowest BCUT2D eigenvalue weighted by Crippen LogP contribution is -2.54. The van der Waals surface area contributed by atoms with Crippen LogP contribution in [0.3, 0.4) is 0 Å². The van der Waals surface area contributed by atoms with Crippen LogP contribution in [-0.2, 0) is 11.8 Å². The number of para-hydroxylation sites is 1. The highest BCUT2D eigenvalue weighted by Gasteiger charge is 2.60. The van der Waals surface area contributed by atoms with Gasteiger partial charge in [-0.15, -0.1) is 0 Å². The molecule has 1 heterocycles. The van der Waals surface area contributed by atoms with Crippen LogP contribution in [0.15, 0.2) is 24.3 Å². The summed E-state index contributed by atoms with van der Waals surface area (Å²) in [6.07, 6.45) is 8.51. The van der Waals surface area contributed by atoms with E-state index < -0.39 is 5.97 Å². The Morgan fingerprint density at radius 1 is 1.06 bits per heavy atom. The monoisotopic (exact) mass is 419 g/mol. The number of hydrogen-bond donors (Lipinski definition) is 2. The third-order valence-corrected chi connectivity index (χ3v) is 10.2. The molecule has 0 spiro atoms. The fraction of sp³-hybridized carbons (Fsp3) is 0.630. The van der Waals surface area contributed by atoms with Crippen molar-refractivity contribution in [2.45, 2.75) is 76.7 Å². The van der Waals surface area contributed by atoms with Crippen molar-refractivity contribution in [1.29, 1.82) is 0 Å². The molecule has 0 bridgehead atoms. The van der Waals surface area contributed by atoms with Gasteiger partial charge in [-0.3, -0.25) is 4.98 Å². The predicted molar refractivity (Wildman–Crippen MR) is 120 cm³/mol. The molecule has 0 amide bonds. The second kappa shape index (κ2) is 6.54. The average Bonchev–Trinajstić information content (AvgIpc) is 3.04. The lowest BCUT2D eigenvalue weighted by Gasteiger charge is -2.60. The van der Waals surface area contributed by atoms with Gasteiger partial charge in [0, 0.05) is 10.8 Å². The van der Waals surface area contributed by atoms with Crippen LogP contribution in [0.2, 0.25) is 0 Å². The number of aromatic nitrogens is 1. The molecule has 1 aromatic carbocycles. The second-order valence-corrected chi connectivity index (χ2v) is 11.4. The Hall–Kier alpha value is -1.94. The molecular weight excluding hydrogens is 386 g/mol. The summed E-state index contributed by atoms with van der Waals surface area (Å²) in [6.45, 7) is 4.87. The van der Waals surface area contributed by atoms with Gasteiger partial charge in [-0.05, 0) is 92.1 Å². The summed E-state index contributed by atoms with van der Waals surface area (Å²) < 4.78 is 0. The Kier molecular flexibility index (Phi) is 4.16. The molecule has 2 aromatic rings. The Balaban J connectivity index is 1.45. The summed E-state index contributed by atoms with van der Waals surface area (Å²) in [5.41, 5.74) is 3.69. The lowest BCUT2D eigenvalue weighted by atomic mass is 9.45. The predicted octanol–water partition coefficient (Wildman–Crippen LogP) is 5.35. The highest BCUT2D eigenvalue weighted by molar-refractivity contribution is 6.04. The maximum Gasteiger partial charge on any atom is 0.336 e. The molecule has 3 fully saturated rings. The van der Waals surface area contributed by atoms with Crippen molar-refractivity contribution in [2.75, 3.05) is 0 Å². The van der Waals surface area contributed by atoms with Gasteiger partial charge in [0.05, 0.1) is 22.9 Å². The van der Waals surface area contributed by atoms with Crippen LogP contribution in [0.1, 0.15) is 80.4 Å². The van der Waals surface area contributed by atoms with Crippen molar-refractivity contribution < 1.29 is 15.0 Å². The first kappa shape index (κ1) is 19.7. The molecule has 0 radical (unpaired) electrons. The molecule has 4 aliphatic rings. The van der Waals surface area contributed by atoms with Crippen molar-refractivity contribution in [2.24, 2.45) is 29.1 Å². The lowest BCUT2D eigenvalue weighted by molar-refractivity contribution is -0.111. The SMILES string of the molecule is C[C@]12CC[C@H](O)C[C@@H]1CC[C@H]1[C@@H]2CC[C@@]2(C)c3nc4ccccc4c(C(=O)O)c3C[C@@H]12. The molecule has 0 aliphatic heterocycles. The average molecular weight is 420 g/mol. The fourth-order valence-corrected chi connectivity index (χ4v) is 8.61. The van der Waals surface area contributed by atoms with Crippen LogP contribution in [0.5, 0.6) is 0 Å². The number of hydrogen-bond acceptors (Lipinski definition) is 3. The minimum Gasteiger partial charge on any atom is -0.478 e. The van der Waals surface area contributed by atoms with Crippen molar-refractivity contribution in [3.8, 4) is 0 Å². The number of rotatable bonds is 1. The molecule has 3 saturated carbocycles. The van der Waals surface area contributed by atoms with E-state index in [0.29, 0.717) is 34.7 Å². The van der Waals surface area contributed by atoms with Gasteiger partial charge < -0.3 is 10.2 Å². The van der Waals surface area contributed by atoms with Crippen LogP contribution in [0.25, 0.3) is 10.9 Å². The number of pyridine rings is 1. The smallest absolute Gasteiger partial charge is 0.336 e. The third-order valence-electron chi connectivity index (χ3n) is 10.2. The van der Waals surface area contributed by atoms with Crippen LogP contribution in [-0.4, -0.2) is 27.3 Å². The minimum atomic E-state index is -0.814. The number of aliphatic hydroxyl groups excluding tert-OH is 1. The molecule has 1 aromatic heterocycles. The molecule has 0 saturated heterocycles. The van der Waals surface area contributed by atoms with Crippen LogP contribution in [0.4, 0.5) is 0 Å². The number of carboxylic acid groups (broad SMARTS) is 1. The standard InChI is InChI=1S/C27H33NO3/c1-26-11-9-16(29)13-15(26)7-8-17-20(26)10-12-27(2)21(17)14-19-23(25(30)31)18-5-3-4-6-22(18)28-24(19)27/h3-6,15-17,20-21,29H,7-14H2,1-2H3,(H,30,31)/t15-,16-,17-,20-,21-,26-,27+/m0/s1. The van der Waals surface area contributed by atoms with Crippen molar-refractivity contribution in [3.05, 3.63) is 41.1 Å². The van der Waals surface area contributed by atoms with E-state index in [0.717, 1.165) is 54.3 Å². The molecule has 4 heteroatoms. The second-order valence-electron chi connectivity index (χ2n) is 11.4. The fourth-order valence-electron chi connectivity index (χ4n) is 8.61. The molecular formula is C27H33NO3. The van der Waals surface area contributed by atoms with Crippen LogP contribution >= 0.6 is 0 Å². The Morgan fingerprint density at radius 2 is 1.87 bits per heavy atom. The summed E-state index contributed by atoms with van der Waals surface area (Å²) in [5, 5.41) is 21.2. The number of carbonyl (C=O) groups is 1. The number of carboxylic acids is 1. The zero-order chi connectivity index (χ0) is 21.5. The Bertz CT molecular complexity index is 1080. The van der Waals surface area contributed by atoms with E-state index >= 15 is 0 Å². The molecule has 0 unspecified atom stereocenters. The molecule has 164 valence electrons. The summed E-state index contributed by atoms with van der Waals surface area (Å²) in [5.74, 6) is 1.63. The van der Waals surface area contributed by atoms with E-state index in [1.165, 1.54) is 19.3 Å². The van der Waals surface area contributed by atoms with E-state index in [-0.39, 0.29) is 11.5 Å². The highest BCUT2D eigenvalue weighted by atomic mass is 16.4. The van der Waals surface area contributed by atoms with Gasteiger partial charge in [-0.1, -0.05) is 32.0 Å². The molecule has 2 N–H and O–H groups in total. The molecule has 6 rings (SSSR count). The molecule has 4 nitrogen and oxygen atoms in total. The highest BCUT2D eigenvalue weighted by Crippen LogP contribution is 2.65. The topological polar surface area (TPSA) is 70.4 Å². The maximum atomic E-state index is 12.4. The molecule has 31 heavy (non-hydrogen) atoms. The van der Waals surface area contributed by atoms with Crippen LogP contribution < -0.4 is 0 Å². The first-order chi connectivity index (χ1) is 14.8. The van der Waals surface area contributed by atoms with Gasteiger partial charge >= 0.3 is 5.97 Å². The quantitative estimate of drug-likeness (QED) is 0.654. The van der Waals surface area contributed by atoms with Crippen LogP contribution in [0, 0.1) is 29.1 Å². The normalized spacial score (nSPS) is 41.2. The number of nitrogens with zero attached hydrogens (tertiary/aromatic N) is 1. The molecule has 7 atom stereocenters. The summed E-state index contributed by atoms with van der Waals surface area (Å²) in [6, 6.07) is 7.75. The van der Waals surface area contributed by atoms with Crippen molar-refractivity contribution in [1.82, 2.24) is 4.98 Å². The first-order valence-electron chi connectivity index (χ1n) is 12.2. The van der Waals surface area contributed by atoms with Crippen molar-refractivity contribution in [3.63, 3.8) is 0 Å². The Morgan fingerprint density at radius 3 is 2.68 bits per heavy atom. The minimum absolute atomic E-state index is 0.0257. The number of fused-ring (bicyclic) bond motifs is 8. The van der Waals surface area contributed by atoms with Gasteiger partial charge in [0.2, 0.25) is 0 Å². The number of aliphatic hydroxyl groups is 1. The van der Waals surface area contributed by atoms with Gasteiger partial charge in [0.1, 0.15) is 0 Å². The summed E-state index contributed by atoms with van der Waals surface area (Å²) >= 11 is 0. The summed E-state index contributed by atoms with van der Waals surface area (Å²) in [7, 11) is 0. The van der Waals surface area contributed by atoms with E-state index in [4.69, 9.17) is 4.98 Å². The third kappa shape index (κ3) is 2.57. The summed E-state index contributed by atoms with van der Waals surface area (Å²) in [4.78, 5) is 17.5. The van der Waals surface area contributed by atoms with Gasteiger partial charge in [0.25, 0.3) is 0 Å². The number of benzene rings is 1. The Labute approximate surface area is 184 Å². The zero-order valence-corrected chi connectivity index (χ0v) is 18.6. The van der Waals surface area contributed by atoms with Gasteiger partial charge in [-0.25, -0.2) is 4.79 Å². The van der Waals surface area contributed by atoms with Crippen molar-refractivity contribution >= 4 is 16.9 Å². The van der Waals surface area contributed by atoms with E-state index in [1.54, 1.807) is 0 Å². The van der Waals surface area contributed by atoms with E-state index in [9.17, 15) is 15.0 Å². The molecule has 4 aliphatic carbocycles. The zero-order valence-electron chi connectivity index (χ0n) is 18.6. The first-order valence-corrected chi connectivity index (χ1v) is 12.2. The largest absolute Gasteiger partial charge is 0.478 e. The van der Waals surface area contributed by atoms with E-state index in [2.05, 4.69) is 13.8 Å². The number of aromatic carboxylic acids is 1.